The molecule has 1 N–H and O–H groups in total. The molecule has 2 heterocycles. The van der Waals surface area contributed by atoms with Gasteiger partial charge in [-0.2, -0.15) is 0 Å². The second-order valence-electron chi connectivity index (χ2n) is 8.33. The average Bonchev–Trinajstić information content (AvgIpc) is 3.31. The van der Waals surface area contributed by atoms with Crippen molar-refractivity contribution in [3.05, 3.63) is 72.5 Å². The monoisotopic (exact) mass is 485 g/mol. The Morgan fingerprint density at radius 2 is 1.81 bits per heavy atom. The highest BCUT2D eigenvalue weighted by Gasteiger charge is 2.16. The van der Waals surface area contributed by atoms with Gasteiger partial charge in [-0.25, -0.2) is 0 Å². The number of furan rings is 1. The van der Waals surface area contributed by atoms with Gasteiger partial charge in [-0.1, -0.05) is 12.1 Å². The molecule has 0 saturated carbocycles. The van der Waals surface area contributed by atoms with Gasteiger partial charge >= 0.3 is 0 Å². The summed E-state index contributed by atoms with van der Waals surface area (Å²) in [6.45, 7) is 5.45. The molecule has 0 atom stereocenters. The SMILES string of the molecule is CCOc1ccc(-c2coc3cc(OC)c(/C(C)=C/C(=O)Nc4ccc5c(c4)OCCO5)cc23)cc1. The van der Waals surface area contributed by atoms with Crippen LogP contribution in [0.5, 0.6) is 23.0 Å². The van der Waals surface area contributed by atoms with Gasteiger partial charge in [-0.15, -0.1) is 0 Å². The summed E-state index contributed by atoms with van der Waals surface area (Å²) < 4.78 is 28.1. The number of allylic oxidation sites excluding steroid dienone is 1. The van der Waals surface area contributed by atoms with Gasteiger partial charge in [0.25, 0.3) is 0 Å². The molecule has 0 fully saturated rings. The number of hydrogen-bond acceptors (Lipinski definition) is 6. The van der Waals surface area contributed by atoms with E-state index in [2.05, 4.69) is 5.32 Å². The summed E-state index contributed by atoms with van der Waals surface area (Å²) in [7, 11) is 1.60. The van der Waals surface area contributed by atoms with Crippen LogP contribution in [0.2, 0.25) is 0 Å². The molecule has 1 aliphatic rings. The van der Waals surface area contributed by atoms with Crippen molar-refractivity contribution in [1.29, 1.82) is 0 Å². The Morgan fingerprint density at radius 1 is 1.03 bits per heavy atom. The maximum atomic E-state index is 12.8. The van der Waals surface area contributed by atoms with Crippen molar-refractivity contribution in [1.82, 2.24) is 0 Å². The Hall–Kier alpha value is -4.39. The second kappa shape index (κ2) is 10.1. The summed E-state index contributed by atoms with van der Waals surface area (Å²) in [5, 5.41) is 3.82. The molecule has 184 valence electrons. The predicted molar refractivity (Wildman–Crippen MR) is 139 cm³/mol. The highest BCUT2D eigenvalue weighted by atomic mass is 16.6. The lowest BCUT2D eigenvalue weighted by molar-refractivity contribution is -0.111. The van der Waals surface area contributed by atoms with Gasteiger partial charge in [0.15, 0.2) is 11.5 Å². The molecule has 0 spiro atoms. The molecule has 1 aromatic heterocycles. The molecule has 0 unspecified atom stereocenters. The first-order valence-corrected chi connectivity index (χ1v) is 11.8. The number of carbonyl (C=O) groups is 1. The molecule has 4 aromatic rings. The van der Waals surface area contributed by atoms with Crippen LogP contribution in [-0.2, 0) is 4.79 Å². The van der Waals surface area contributed by atoms with E-state index in [1.54, 1.807) is 37.6 Å². The first kappa shape index (κ1) is 23.4. The fraction of sp³-hybridized carbons (Fsp3) is 0.207. The van der Waals surface area contributed by atoms with Crippen LogP contribution in [-0.4, -0.2) is 32.8 Å². The van der Waals surface area contributed by atoms with Gasteiger partial charge in [0, 0.05) is 40.4 Å². The van der Waals surface area contributed by atoms with E-state index in [-0.39, 0.29) is 5.91 Å². The quantitative estimate of drug-likeness (QED) is 0.309. The van der Waals surface area contributed by atoms with E-state index in [0.717, 1.165) is 33.4 Å². The number of benzene rings is 3. The number of rotatable bonds is 7. The molecule has 7 nitrogen and oxygen atoms in total. The molecule has 1 aliphatic heterocycles. The number of fused-ring (bicyclic) bond motifs is 2. The van der Waals surface area contributed by atoms with Crippen molar-refractivity contribution >= 4 is 28.1 Å². The zero-order chi connectivity index (χ0) is 25.1. The van der Waals surface area contributed by atoms with Crippen LogP contribution in [0.3, 0.4) is 0 Å². The third kappa shape index (κ3) is 4.73. The van der Waals surface area contributed by atoms with E-state index in [4.69, 9.17) is 23.4 Å². The summed E-state index contributed by atoms with van der Waals surface area (Å²) in [4.78, 5) is 12.8. The summed E-state index contributed by atoms with van der Waals surface area (Å²) in [6.07, 6.45) is 3.29. The zero-order valence-electron chi connectivity index (χ0n) is 20.4. The summed E-state index contributed by atoms with van der Waals surface area (Å²) in [5.41, 5.74) is 4.84. The lowest BCUT2D eigenvalue weighted by Crippen LogP contribution is -2.16. The lowest BCUT2D eigenvalue weighted by Gasteiger charge is -2.18. The molecule has 0 radical (unpaired) electrons. The molecule has 5 rings (SSSR count). The van der Waals surface area contributed by atoms with Crippen LogP contribution >= 0.6 is 0 Å². The maximum absolute atomic E-state index is 12.8. The molecule has 3 aromatic carbocycles. The number of amides is 1. The number of methoxy groups -OCH3 is 1. The van der Waals surface area contributed by atoms with Crippen molar-refractivity contribution in [2.24, 2.45) is 0 Å². The minimum atomic E-state index is -0.259. The second-order valence-corrected chi connectivity index (χ2v) is 8.33. The standard InChI is InChI=1S/C29H27NO6/c1-4-33-21-8-5-19(6-9-21)24-17-36-27-16-26(32-3)22(15-23(24)27)18(2)13-29(31)30-20-7-10-25-28(14-20)35-12-11-34-25/h5-10,13-17H,4,11-12H2,1-3H3,(H,30,31)/b18-13+. The lowest BCUT2D eigenvalue weighted by atomic mass is 9.99. The summed E-state index contributed by atoms with van der Waals surface area (Å²) in [6, 6.07) is 17.1. The number of carbonyl (C=O) groups excluding carboxylic acids is 1. The van der Waals surface area contributed by atoms with Gasteiger partial charge in [0.05, 0.1) is 20.0 Å². The van der Waals surface area contributed by atoms with Gasteiger partial charge in [-0.05, 0) is 55.3 Å². The van der Waals surface area contributed by atoms with Crippen LogP contribution in [0.15, 0.2) is 71.4 Å². The largest absolute Gasteiger partial charge is 0.496 e. The van der Waals surface area contributed by atoms with Crippen molar-refractivity contribution in [3.8, 4) is 34.1 Å². The van der Waals surface area contributed by atoms with Crippen molar-refractivity contribution < 1.29 is 28.2 Å². The molecule has 0 bridgehead atoms. The Kier molecular flexibility index (Phi) is 6.54. The fourth-order valence-electron chi connectivity index (χ4n) is 4.23. The highest BCUT2D eigenvalue weighted by molar-refractivity contribution is 6.05. The Balaban J connectivity index is 1.43. The van der Waals surface area contributed by atoms with Crippen LogP contribution < -0.4 is 24.3 Å². The van der Waals surface area contributed by atoms with E-state index < -0.39 is 0 Å². The highest BCUT2D eigenvalue weighted by Crippen LogP contribution is 2.38. The van der Waals surface area contributed by atoms with Gasteiger partial charge in [0.2, 0.25) is 5.91 Å². The normalized spacial score (nSPS) is 12.9. The summed E-state index contributed by atoms with van der Waals surface area (Å²) in [5.74, 6) is 2.47. The summed E-state index contributed by atoms with van der Waals surface area (Å²) >= 11 is 0. The Labute approximate surface area is 209 Å². The molecule has 7 heteroatoms. The van der Waals surface area contributed by atoms with Crippen LogP contribution in [0, 0.1) is 0 Å². The molecule has 0 aliphatic carbocycles. The van der Waals surface area contributed by atoms with E-state index in [9.17, 15) is 4.79 Å². The van der Waals surface area contributed by atoms with E-state index in [1.807, 2.05) is 50.2 Å². The van der Waals surface area contributed by atoms with Gasteiger partial charge in [0.1, 0.15) is 30.3 Å². The molecule has 36 heavy (non-hydrogen) atoms. The molecule has 1 amide bonds. The maximum Gasteiger partial charge on any atom is 0.248 e. The molecular formula is C29H27NO6. The minimum absolute atomic E-state index is 0.259. The average molecular weight is 486 g/mol. The topological polar surface area (TPSA) is 79.2 Å². The third-order valence-corrected chi connectivity index (χ3v) is 5.95. The van der Waals surface area contributed by atoms with Crippen molar-refractivity contribution in [3.63, 3.8) is 0 Å². The fourth-order valence-corrected chi connectivity index (χ4v) is 4.23. The first-order chi connectivity index (χ1) is 17.6. The van der Waals surface area contributed by atoms with Crippen LogP contribution in [0.25, 0.3) is 27.7 Å². The van der Waals surface area contributed by atoms with E-state index >= 15 is 0 Å². The predicted octanol–water partition coefficient (Wildman–Crippen LogP) is 6.32. The first-order valence-electron chi connectivity index (χ1n) is 11.8. The van der Waals surface area contributed by atoms with Crippen LogP contribution in [0.4, 0.5) is 5.69 Å². The van der Waals surface area contributed by atoms with Gasteiger partial charge < -0.3 is 28.7 Å². The number of ether oxygens (including phenoxy) is 4. The molecule has 0 saturated heterocycles. The molecular weight excluding hydrogens is 458 g/mol. The van der Waals surface area contributed by atoms with Crippen molar-refractivity contribution in [2.45, 2.75) is 13.8 Å². The Bertz CT molecular complexity index is 1430. The van der Waals surface area contributed by atoms with E-state index in [0.29, 0.717) is 48.3 Å². The van der Waals surface area contributed by atoms with E-state index in [1.165, 1.54) is 0 Å². The smallest absolute Gasteiger partial charge is 0.248 e. The number of hydrogen-bond donors (Lipinski definition) is 1. The van der Waals surface area contributed by atoms with Crippen LogP contribution in [0.1, 0.15) is 19.4 Å². The van der Waals surface area contributed by atoms with Crippen molar-refractivity contribution in [2.75, 3.05) is 32.2 Å². The Morgan fingerprint density at radius 3 is 2.56 bits per heavy atom. The van der Waals surface area contributed by atoms with Gasteiger partial charge in [-0.3, -0.25) is 4.79 Å². The minimum Gasteiger partial charge on any atom is -0.496 e. The zero-order valence-corrected chi connectivity index (χ0v) is 20.4. The third-order valence-electron chi connectivity index (χ3n) is 5.95. The number of nitrogens with one attached hydrogen (secondary N) is 1. The number of anilines is 1.